The van der Waals surface area contributed by atoms with Crippen LogP contribution in [0.1, 0.15) is 67.1 Å². The van der Waals surface area contributed by atoms with Gasteiger partial charge in [-0.25, -0.2) is 9.78 Å². The van der Waals surface area contributed by atoms with E-state index in [-0.39, 0.29) is 5.91 Å². The molecule has 1 unspecified atom stereocenters. The fourth-order valence-electron chi connectivity index (χ4n) is 4.69. The molecule has 184 valence electrons. The Labute approximate surface area is 205 Å². The zero-order chi connectivity index (χ0) is 24.8. The number of carbonyl (C=O) groups is 2. The highest BCUT2D eigenvalue weighted by molar-refractivity contribution is 5.92. The fourth-order valence-corrected chi connectivity index (χ4v) is 4.69. The van der Waals surface area contributed by atoms with Gasteiger partial charge in [0.05, 0.1) is 12.3 Å². The van der Waals surface area contributed by atoms with E-state index in [1.54, 1.807) is 18.2 Å². The summed E-state index contributed by atoms with van der Waals surface area (Å²) in [5, 5.41) is 9.93. The molecule has 0 bridgehead atoms. The highest BCUT2D eigenvalue weighted by Gasteiger charge is 2.35. The van der Waals surface area contributed by atoms with Crippen molar-refractivity contribution in [2.45, 2.75) is 58.4 Å². The van der Waals surface area contributed by atoms with Crippen molar-refractivity contribution >= 4 is 18.0 Å². The summed E-state index contributed by atoms with van der Waals surface area (Å²) in [6, 6.07) is 4.45. The van der Waals surface area contributed by atoms with Gasteiger partial charge in [0.25, 0.3) is 0 Å². The van der Waals surface area contributed by atoms with E-state index < -0.39 is 12.0 Å². The maximum absolute atomic E-state index is 12.6. The van der Waals surface area contributed by atoms with Crippen LogP contribution in [-0.4, -0.2) is 40.0 Å². The van der Waals surface area contributed by atoms with E-state index in [0.29, 0.717) is 43.2 Å². The molecular formula is C28H32N2O5. The minimum atomic E-state index is -1.06. The van der Waals surface area contributed by atoms with Gasteiger partial charge < -0.3 is 19.2 Å². The lowest BCUT2D eigenvalue weighted by Crippen LogP contribution is -2.42. The molecule has 0 spiro atoms. The highest BCUT2D eigenvalue weighted by atomic mass is 16.5. The predicted octanol–water partition coefficient (Wildman–Crippen LogP) is 5.20. The first-order valence-corrected chi connectivity index (χ1v) is 12.2. The molecule has 35 heavy (non-hydrogen) atoms. The summed E-state index contributed by atoms with van der Waals surface area (Å²) in [5.74, 6) is 0.634. The number of carboxylic acid groups (broad SMARTS) is 1. The van der Waals surface area contributed by atoms with Crippen LogP contribution in [0.2, 0.25) is 0 Å². The zero-order valence-corrected chi connectivity index (χ0v) is 20.3. The molecular weight excluding hydrogens is 444 g/mol. The summed E-state index contributed by atoms with van der Waals surface area (Å²) in [6.07, 6.45) is 14.5. The number of aliphatic carboxylic acids is 1. The van der Waals surface area contributed by atoms with Crippen LogP contribution >= 0.6 is 0 Å². The first-order chi connectivity index (χ1) is 17.0. The van der Waals surface area contributed by atoms with Crippen LogP contribution in [0.25, 0.3) is 6.08 Å². The Hall–Kier alpha value is -3.61. The number of ether oxygens (including phenoxy) is 1. The number of oxazole rings is 1. The van der Waals surface area contributed by atoms with Crippen molar-refractivity contribution in [1.29, 1.82) is 0 Å². The van der Waals surface area contributed by atoms with Gasteiger partial charge in [-0.15, -0.1) is 0 Å². The van der Waals surface area contributed by atoms with E-state index >= 15 is 0 Å². The van der Waals surface area contributed by atoms with Crippen molar-refractivity contribution in [2.75, 3.05) is 13.2 Å². The molecule has 7 heteroatoms. The second-order valence-corrected chi connectivity index (χ2v) is 8.93. The Kier molecular flexibility index (Phi) is 7.85. The van der Waals surface area contributed by atoms with Gasteiger partial charge in [0.2, 0.25) is 11.8 Å². The molecule has 1 saturated carbocycles. The van der Waals surface area contributed by atoms with E-state index in [1.165, 1.54) is 29.4 Å². The van der Waals surface area contributed by atoms with Gasteiger partial charge in [-0.1, -0.05) is 29.9 Å². The molecule has 1 aromatic heterocycles. The second-order valence-electron chi connectivity index (χ2n) is 8.93. The average Bonchev–Trinajstić information content (AvgIpc) is 3.47. The molecule has 0 radical (unpaired) electrons. The zero-order valence-electron chi connectivity index (χ0n) is 20.3. The normalized spacial score (nSPS) is 17.8. The fraction of sp³-hybridized carbons (Fsp3) is 0.393. The maximum atomic E-state index is 12.6. The van der Waals surface area contributed by atoms with Crippen molar-refractivity contribution in [3.05, 3.63) is 76.5 Å². The topological polar surface area (TPSA) is 92.9 Å². The number of hydrogen-bond donors (Lipinski definition) is 1. The number of rotatable bonds is 8. The number of carboxylic acids is 1. The van der Waals surface area contributed by atoms with Gasteiger partial charge in [-0.2, -0.15) is 0 Å². The third-order valence-corrected chi connectivity index (χ3v) is 6.50. The third-order valence-electron chi connectivity index (χ3n) is 6.50. The summed E-state index contributed by atoms with van der Waals surface area (Å²) >= 11 is 0. The van der Waals surface area contributed by atoms with Crippen LogP contribution in [0.4, 0.5) is 0 Å². The van der Waals surface area contributed by atoms with Crippen molar-refractivity contribution < 1.29 is 23.8 Å². The van der Waals surface area contributed by atoms with Gasteiger partial charge >= 0.3 is 5.97 Å². The van der Waals surface area contributed by atoms with Crippen LogP contribution in [0.15, 0.2) is 52.5 Å². The Balaban J connectivity index is 1.44. The number of amides is 1. The Morgan fingerprint density at radius 1 is 1.23 bits per heavy atom. The molecule has 2 heterocycles. The minimum Gasteiger partial charge on any atom is -0.493 e. The number of aromatic nitrogens is 1. The SMILES string of the molecule is CC=CC=CC(=O)N1CCc2ccc(OCCc3nc(C=C4CCCC4)oc3C)cc2C1C(=O)O. The average molecular weight is 477 g/mol. The quantitative estimate of drug-likeness (QED) is 0.416. The van der Waals surface area contributed by atoms with E-state index in [4.69, 9.17) is 9.15 Å². The number of nitrogens with zero attached hydrogens (tertiary/aromatic N) is 2. The van der Waals surface area contributed by atoms with Crippen molar-refractivity contribution in [2.24, 2.45) is 0 Å². The molecule has 0 saturated heterocycles. The van der Waals surface area contributed by atoms with Gasteiger partial charge in [0.15, 0.2) is 6.04 Å². The number of fused-ring (bicyclic) bond motifs is 1. The molecule has 2 aromatic rings. The number of carbonyl (C=O) groups excluding carboxylic acids is 1. The van der Waals surface area contributed by atoms with Crippen molar-refractivity contribution in [1.82, 2.24) is 9.88 Å². The summed E-state index contributed by atoms with van der Waals surface area (Å²) in [7, 11) is 0. The molecule has 7 nitrogen and oxygen atoms in total. The second kappa shape index (κ2) is 11.2. The van der Waals surface area contributed by atoms with E-state index in [1.807, 2.05) is 32.1 Å². The molecule has 1 fully saturated rings. The smallest absolute Gasteiger partial charge is 0.331 e. The molecule has 1 aliphatic carbocycles. The van der Waals surface area contributed by atoms with Gasteiger partial charge in [0.1, 0.15) is 11.5 Å². The van der Waals surface area contributed by atoms with E-state index in [9.17, 15) is 14.7 Å². The number of benzene rings is 1. The lowest BCUT2D eigenvalue weighted by Gasteiger charge is -2.34. The first kappa shape index (κ1) is 24.5. The number of allylic oxidation sites excluding steroid dienone is 4. The lowest BCUT2D eigenvalue weighted by molar-refractivity contribution is -0.149. The van der Waals surface area contributed by atoms with Crippen LogP contribution in [-0.2, 0) is 22.4 Å². The third kappa shape index (κ3) is 5.91. The highest BCUT2D eigenvalue weighted by Crippen LogP contribution is 2.33. The first-order valence-electron chi connectivity index (χ1n) is 12.2. The van der Waals surface area contributed by atoms with Crippen LogP contribution in [0.3, 0.4) is 0 Å². The molecule has 2 aliphatic rings. The summed E-state index contributed by atoms with van der Waals surface area (Å²) < 4.78 is 11.8. The molecule has 1 atom stereocenters. The monoisotopic (exact) mass is 476 g/mol. The van der Waals surface area contributed by atoms with E-state index in [2.05, 4.69) is 11.1 Å². The van der Waals surface area contributed by atoms with Crippen LogP contribution in [0, 0.1) is 6.92 Å². The maximum Gasteiger partial charge on any atom is 0.331 e. The Morgan fingerprint density at radius 2 is 2.03 bits per heavy atom. The standard InChI is InChI=1S/C28H32N2O5/c1-3-4-5-10-26(31)30-15-13-21-11-12-22(18-23(21)27(30)28(32)33)34-16-14-24-19(2)35-25(29-24)17-20-8-6-7-9-20/h3-5,10-12,17-18,27H,6-9,13-16H2,1-2H3,(H,32,33). The molecule has 1 aromatic carbocycles. The predicted molar refractivity (Wildman–Crippen MR) is 133 cm³/mol. The van der Waals surface area contributed by atoms with Crippen molar-refractivity contribution in [3.8, 4) is 5.75 Å². The molecule has 1 N–H and O–H groups in total. The van der Waals surface area contributed by atoms with Crippen LogP contribution in [0.5, 0.6) is 5.75 Å². The largest absolute Gasteiger partial charge is 0.493 e. The Bertz CT molecular complexity index is 1170. The number of hydrogen-bond acceptors (Lipinski definition) is 5. The Morgan fingerprint density at radius 3 is 2.77 bits per heavy atom. The summed E-state index contributed by atoms with van der Waals surface area (Å²) in [5.41, 5.74) is 3.77. The number of aryl methyl sites for hydroxylation is 1. The minimum absolute atomic E-state index is 0.322. The van der Waals surface area contributed by atoms with Crippen molar-refractivity contribution in [3.63, 3.8) is 0 Å². The van der Waals surface area contributed by atoms with Crippen LogP contribution < -0.4 is 4.74 Å². The molecule has 1 amide bonds. The summed E-state index contributed by atoms with van der Waals surface area (Å²) in [6.45, 7) is 4.50. The summed E-state index contributed by atoms with van der Waals surface area (Å²) in [4.78, 5) is 30.8. The van der Waals surface area contributed by atoms with Gasteiger partial charge in [0, 0.05) is 19.0 Å². The molecule has 4 rings (SSSR count). The molecule has 1 aliphatic heterocycles. The van der Waals surface area contributed by atoms with Gasteiger partial charge in [-0.3, -0.25) is 4.79 Å². The van der Waals surface area contributed by atoms with Gasteiger partial charge in [-0.05, 0) is 75.3 Å². The lowest BCUT2D eigenvalue weighted by atomic mass is 9.92. The van der Waals surface area contributed by atoms with E-state index in [0.717, 1.165) is 29.9 Å².